The van der Waals surface area contributed by atoms with Gasteiger partial charge in [0.25, 0.3) is 0 Å². The Hall–Kier alpha value is -0.290. The Labute approximate surface area is 120 Å². The number of nitrogens with zero attached hydrogens (tertiary/aromatic N) is 1. The maximum Gasteiger partial charge on any atom is 0.390 e. The Kier molecular flexibility index (Phi) is 5.90. The van der Waals surface area contributed by atoms with Crippen molar-refractivity contribution in [2.24, 2.45) is 17.3 Å². The summed E-state index contributed by atoms with van der Waals surface area (Å²) in [5.74, 6) is 0.623. The summed E-state index contributed by atoms with van der Waals surface area (Å²) in [6.45, 7) is 7.14. The van der Waals surface area contributed by atoms with Crippen molar-refractivity contribution < 1.29 is 18.3 Å². The summed E-state index contributed by atoms with van der Waals surface area (Å²) in [4.78, 5) is 1.70. The van der Waals surface area contributed by atoms with Crippen molar-refractivity contribution in [3.8, 4) is 0 Å². The molecule has 1 saturated carbocycles. The minimum atomic E-state index is -4.10. The van der Waals surface area contributed by atoms with Crippen molar-refractivity contribution in [2.45, 2.75) is 58.7 Å². The fourth-order valence-corrected chi connectivity index (χ4v) is 3.04. The van der Waals surface area contributed by atoms with Gasteiger partial charge in [0.15, 0.2) is 0 Å². The first kappa shape index (κ1) is 17.8. The maximum atomic E-state index is 12.2. The molecule has 2 nitrogen and oxygen atoms in total. The molecule has 0 amide bonds. The molecule has 20 heavy (non-hydrogen) atoms. The molecule has 3 atom stereocenters. The number of aliphatic hydroxyl groups is 1. The third kappa shape index (κ3) is 6.00. The summed E-state index contributed by atoms with van der Waals surface area (Å²) in [6.07, 6.45) is -2.58. The summed E-state index contributed by atoms with van der Waals surface area (Å²) in [5, 5.41) is 10.1. The lowest BCUT2D eigenvalue weighted by atomic mass is 9.68. The van der Waals surface area contributed by atoms with Crippen LogP contribution in [0.1, 0.15) is 46.5 Å². The van der Waals surface area contributed by atoms with Crippen LogP contribution in [0.2, 0.25) is 0 Å². The molecule has 0 aromatic heterocycles. The summed E-state index contributed by atoms with van der Waals surface area (Å²) in [5.41, 5.74) is 0.197. The van der Waals surface area contributed by atoms with Crippen LogP contribution in [0.3, 0.4) is 0 Å². The molecule has 0 aromatic rings. The zero-order valence-electron chi connectivity index (χ0n) is 13.0. The average molecular weight is 295 g/mol. The van der Waals surface area contributed by atoms with Gasteiger partial charge in [0.05, 0.1) is 12.5 Å². The van der Waals surface area contributed by atoms with Gasteiger partial charge in [-0.2, -0.15) is 13.2 Å². The topological polar surface area (TPSA) is 23.5 Å². The lowest BCUT2D eigenvalue weighted by Gasteiger charge is -2.41. The summed E-state index contributed by atoms with van der Waals surface area (Å²) >= 11 is 0. The van der Waals surface area contributed by atoms with Gasteiger partial charge in [0.1, 0.15) is 0 Å². The quantitative estimate of drug-likeness (QED) is 0.855. The molecule has 120 valence electrons. The SMILES string of the molecule is CN(CCC(F)(F)F)CC1CC(C(C)(C)C)CCC1O. The molecule has 0 radical (unpaired) electrons. The highest BCUT2D eigenvalue weighted by Gasteiger charge is 2.36. The highest BCUT2D eigenvalue weighted by atomic mass is 19.4. The number of hydrogen-bond acceptors (Lipinski definition) is 2. The van der Waals surface area contributed by atoms with E-state index >= 15 is 0 Å². The fraction of sp³-hybridized carbons (Fsp3) is 1.00. The summed E-state index contributed by atoms with van der Waals surface area (Å²) in [6, 6.07) is 0. The molecule has 0 aliphatic heterocycles. The fourth-order valence-electron chi connectivity index (χ4n) is 3.04. The zero-order valence-corrected chi connectivity index (χ0v) is 13.0. The number of rotatable bonds is 4. The van der Waals surface area contributed by atoms with E-state index in [0.717, 1.165) is 19.3 Å². The van der Waals surface area contributed by atoms with Crippen LogP contribution in [0.4, 0.5) is 13.2 Å². The van der Waals surface area contributed by atoms with Crippen LogP contribution in [0.5, 0.6) is 0 Å². The molecule has 1 fully saturated rings. The Balaban J connectivity index is 2.48. The lowest BCUT2D eigenvalue weighted by molar-refractivity contribution is -0.138. The second kappa shape index (κ2) is 6.65. The average Bonchev–Trinajstić information content (AvgIpc) is 2.27. The van der Waals surface area contributed by atoms with Crippen LogP contribution in [0, 0.1) is 17.3 Å². The van der Waals surface area contributed by atoms with Crippen molar-refractivity contribution in [3.05, 3.63) is 0 Å². The van der Waals surface area contributed by atoms with Gasteiger partial charge in [-0.3, -0.25) is 0 Å². The number of alkyl halides is 3. The second-order valence-corrected chi connectivity index (χ2v) is 7.33. The third-order valence-corrected chi connectivity index (χ3v) is 4.49. The molecule has 0 bridgehead atoms. The standard InChI is InChI=1S/C15H28F3NO/c1-14(2,3)12-5-6-13(20)11(9-12)10-19(4)8-7-15(16,17)18/h11-13,20H,5-10H2,1-4H3. The Morgan fingerprint density at radius 2 is 1.75 bits per heavy atom. The lowest BCUT2D eigenvalue weighted by Crippen LogP contribution is -2.41. The van der Waals surface area contributed by atoms with E-state index in [-0.39, 0.29) is 24.0 Å². The van der Waals surface area contributed by atoms with Gasteiger partial charge in [-0.05, 0) is 43.6 Å². The molecule has 3 unspecified atom stereocenters. The number of aliphatic hydroxyl groups excluding tert-OH is 1. The predicted molar refractivity (Wildman–Crippen MR) is 74.5 cm³/mol. The van der Waals surface area contributed by atoms with E-state index in [0.29, 0.717) is 12.5 Å². The normalized spacial score (nSPS) is 28.9. The Bertz CT molecular complexity index is 298. The van der Waals surface area contributed by atoms with Crippen LogP contribution in [0.15, 0.2) is 0 Å². The van der Waals surface area contributed by atoms with E-state index in [1.165, 1.54) is 0 Å². The van der Waals surface area contributed by atoms with E-state index in [2.05, 4.69) is 20.8 Å². The number of hydrogen-bond donors (Lipinski definition) is 1. The monoisotopic (exact) mass is 295 g/mol. The van der Waals surface area contributed by atoms with E-state index in [1.54, 1.807) is 11.9 Å². The largest absolute Gasteiger partial charge is 0.393 e. The van der Waals surface area contributed by atoms with E-state index < -0.39 is 12.6 Å². The van der Waals surface area contributed by atoms with Gasteiger partial charge >= 0.3 is 6.18 Å². The maximum absolute atomic E-state index is 12.2. The molecular weight excluding hydrogens is 267 g/mol. The van der Waals surface area contributed by atoms with Crippen LogP contribution in [0.25, 0.3) is 0 Å². The molecule has 0 spiro atoms. The van der Waals surface area contributed by atoms with Crippen LogP contribution in [-0.4, -0.2) is 42.4 Å². The van der Waals surface area contributed by atoms with Gasteiger partial charge in [0, 0.05) is 13.1 Å². The van der Waals surface area contributed by atoms with Crippen molar-refractivity contribution in [1.29, 1.82) is 0 Å². The molecule has 0 saturated heterocycles. The van der Waals surface area contributed by atoms with Crippen molar-refractivity contribution in [2.75, 3.05) is 20.1 Å². The van der Waals surface area contributed by atoms with Crippen molar-refractivity contribution in [3.63, 3.8) is 0 Å². The molecular formula is C15H28F3NO. The molecule has 1 N–H and O–H groups in total. The number of halogens is 3. The highest BCUT2D eigenvalue weighted by Crippen LogP contribution is 2.40. The second-order valence-electron chi connectivity index (χ2n) is 7.33. The molecule has 1 rings (SSSR count). The first-order chi connectivity index (χ1) is 8.99. The van der Waals surface area contributed by atoms with E-state index in [9.17, 15) is 18.3 Å². The van der Waals surface area contributed by atoms with E-state index in [1.807, 2.05) is 0 Å². The first-order valence-electron chi connectivity index (χ1n) is 7.42. The predicted octanol–water partition coefficient (Wildman–Crippen LogP) is 3.69. The van der Waals surface area contributed by atoms with Gasteiger partial charge in [0.2, 0.25) is 0 Å². The third-order valence-electron chi connectivity index (χ3n) is 4.49. The van der Waals surface area contributed by atoms with Crippen LogP contribution < -0.4 is 0 Å². The summed E-state index contributed by atoms with van der Waals surface area (Å²) < 4.78 is 36.6. The van der Waals surface area contributed by atoms with Gasteiger partial charge in [-0.15, -0.1) is 0 Å². The minimum absolute atomic E-state index is 0.00685. The van der Waals surface area contributed by atoms with Crippen LogP contribution in [-0.2, 0) is 0 Å². The Morgan fingerprint density at radius 3 is 2.25 bits per heavy atom. The summed E-state index contributed by atoms with van der Waals surface area (Å²) in [7, 11) is 1.71. The smallest absolute Gasteiger partial charge is 0.390 e. The molecule has 5 heteroatoms. The first-order valence-corrected chi connectivity index (χ1v) is 7.42. The van der Waals surface area contributed by atoms with Crippen molar-refractivity contribution >= 4 is 0 Å². The zero-order chi connectivity index (χ0) is 15.6. The van der Waals surface area contributed by atoms with E-state index in [4.69, 9.17) is 0 Å². The minimum Gasteiger partial charge on any atom is -0.393 e. The molecule has 0 aromatic carbocycles. The van der Waals surface area contributed by atoms with Gasteiger partial charge in [-0.25, -0.2) is 0 Å². The van der Waals surface area contributed by atoms with Gasteiger partial charge in [-0.1, -0.05) is 20.8 Å². The van der Waals surface area contributed by atoms with Crippen molar-refractivity contribution in [1.82, 2.24) is 4.90 Å². The molecule has 0 heterocycles. The molecule has 1 aliphatic rings. The highest BCUT2D eigenvalue weighted by molar-refractivity contribution is 4.86. The van der Waals surface area contributed by atoms with Gasteiger partial charge < -0.3 is 10.0 Å². The van der Waals surface area contributed by atoms with Crippen LogP contribution >= 0.6 is 0 Å². The Morgan fingerprint density at radius 1 is 1.15 bits per heavy atom. The molecule has 1 aliphatic carbocycles.